The van der Waals surface area contributed by atoms with Gasteiger partial charge in [0.25, 0.3) is 0 Å². The lowest BCUT2D eigenvalue weighted by atomic mass is 9.67. The van der Waals surface area contributed by atoms with Crippen molar-refractivity contribution in [3.05, 3.63) is 118 Å². The van der Waals surface area contributed by atoms with Crippen LogP contribution in [0.2, 0.25) is 0 Å². The second-order valence-corrected chi connectivity index (χ2v) is 8.73. The van der Waals surface area contributed by atoms with Crippen molar-refractivity contribution in [2.24, 2.45) is 5.73 Å². The van der Waals surface area contributed by atoms with E-state index in [0.717, 1.165) is 0 Å². The summed E-state index contributed by atoms with van der Waals surface area (Å²) in [7, 11) is 0. The lowest BCUT2D eigenvalue weighted by molar-refractivity contribution is -0.137. The molecule has 36 heavy (non-hydrogen) atoms. The summed E-state index contributed by atoms with van der Waals surface area (Å²) in [6.45, 7) is -0.0441. The molecule has 3 aromatic rings. The lowest BCUT2D eigenvalue weighted by Gasteiger charge is -2.38. The van der Waals surface area contributed by atoms with Crippen LogP contribution < -0.4 is 15.5 Å². The minimum atomic E-state index is -1.77. The van der Waals surface area contributed by atoms with Gasteiger partial charge in [-0.3, -0.25) is 9.69 Å². The van der Waals surface area contributed by atoms with E-state index >= 15 is 0 Å². The Morgan fingerprint density at radius 1 is 1.03 bits per heavy atom. The monoisotopic (exact) mass is 478 g/mol. The number of cyclic esters (lactones) is 1. The van der Waals surface area contributed by atoms with Gasteiger partial charge in [0.05, 0.1) is 23.4 Å². The standard InChI is InChI=1S/C28H19FN4O3/c29-18-8-6-7-17(13-18)15-32-22-12-5-4-11-20(22)28(27(32)35)21(14-30)25(31)33(19-9-2-1-3-10-19)23-16-36-26(34)24(23)28/h1-13H,15-16,31H2/t28-/m0/s1. The van der Waals surface area contributed by atoms with Crippen molar-refractivity contribution in [1.29, 1.82) is 5.26 Å². The molecular weight excluding hydrogens is 459 g/mol. The van der Waals surface area contributed by atoms with Crippen molar-refractivity contribution in [2.75, 3.05) is 16.4 Å². The van der Waals surface area contributed by atoms with Crippen molar-refractivity contribution >= 4 is 23.3 Å². The Bertz CT molecular complexity index is 1560. The van der Waals surface area contributed by atoms with E-state index in [1.54, 1.807) is 53.4 Å². The van der Waals surface area contributed by atoms with Gasteiger partial charge >= 0.3 is 5.97 Å². The molecule has 3 aliphatic heterocycles. The van der Waals surface area contributed by atoms with Gasteiger partial charge in [-0.2, -0.15) is 5.26 Å². The summed E-state index contributed by atoms with van der Waals surface area (Å²) in [4.78, 5) is 30.8. The van der Waals surface area contributed by atoms with E-state index in [9.17, 15) is 19.2 Å². The second kappa shape index (κ2) is 7.82. The van der Waals surface area contributed by atoms with Gasteiger partial charge in [0.1, 0.15) is 29.7 Å². The van der Waals surface area contributed by atoms with E-state index in [0.29, 0.717) is 28.2 Å². The number of nitriles is 1. The fourth-order valence-electron chi connectivity index (χ4n) is 5.44. The van der Waals surface area contributed by atoms with Gasteiger partial charge in [0.15, 0.2) is 0 Å². The Labute approximate surface area is 206 Å². The highest BCUT2D eigenvalue weighted by Crippen LogP contribution is 2.56. The third-order valence-corrected chi connectivity index (χ3v) is 6.87. The summed E-state index contributed by atoms with van der Waals surface area (Å²) < 4.78 is 19.4. The van der Waals surface area contributed by atoms with E-state index in [4.69, 9.17) is 10.5 Å². The van der Waals surface area contributed by atoms with Gasteiger partial charge in [-0.1, -0.05) is 48.5 Å². The van der Waals surface area contributed by atoms with Gasteiger partial charge in [-0.25, -0.2) is 9.18 Å². The van der Waals surface area contributed by atoms with Crippen LogP contribution in [-0.2, 0) is 26.3 Å². The normalized spacial score (nSPS) is 20.6. The molecule has 0 saturated heterocycles. The topological polar surface area (TPSA) is 99.7 Å². The highest BCUT2D eigenvalue weighted by atomic mass is 19.1. The maximum absolute atomic E-state index is 14.4. The van der Waals surface area contributed by atoms with Gasteiger partial charge in [0.2, 0.25) is 5.91 Å². The zero-order chi connectivity index (χ0) is 25.0. The van der Waals surface area contributed by atoms with E-state index in [2.05, 4.69) is 6.07 Å². The number of benzene rings is 3. The zero-order valence-corrected chi connectivity index (χ0v) is 18.9. The molecule has 3 aliphatic rings. The number of ether oxygens (including phenoxy) is 1. The Kier molecular flexibility index (Phi) is 4.70. The fourth-order valence-corrected chi connectivity index (χ4v) is 5.44. The van der Waals surface area contributed by atoms with Crippen molar-refractivity contribution in [3.63, 3.8) is 0 Å². The Hall–Kier alpha value is -4.90. The molecule has 1 spiro atoms. The van der Waals surface area contributed by atoms with E-state index in [-0.39, 0.29) is 30.1 Å². The Morgan fingerprint density at radius 3 is 2.53 bits per heavy atom. The van der Waals surface area contributed by atoms with Gasteiger partial charge < -0.3 is 15.4 Å². The average molecular weight is 478 g/mol. The number of esters is 1. The molecule has 0 aromatic heterocycles. The van der Waals surface area contributed by atoms with Crippen LogP contribution in [-0.4, -0.2) is 18.5 Å². The second-order valence-electron chi connectivity index (χ2n) is 8.73. The molecule has 7 nitrogen and oxygen atoms in total. The molecule has 1 amide bonds. The van der Waals surface area contributed by atoms with Gasteiger partial charge in [0, 0.05) is 16.9 Å². The molecule has 8 heteroatoms. The molecule has 3 heterocycles. The Balaban J connectivity index is 1.62. The number of halogens is 1. The first-order valence-corrected chi connectivity index (χ1v) is 11.3. The minimum Gasteiger partial charge on any atom is -0.456 e. The van der Waals surface area contributed by atoms with Crippen LogP contribution in [0.15, 0.2) is 102 Å². The molecule has 0 aliphatic carbocycles. The van der Waals surface area contributed by atoms with Gasteiger partial charge in [-0.15, -0.1) is 0 Å². The molecule has 0 radical (unpaired) electrons. The molecule has 6 rings (SSSR count). The van der Waals surface area contributed by atoms with E-state index in [1.807, 2.05) is 18.2 Å². The number of hydrogen-bond acceptors (Lipinski definition) is 6. The first-order chi connectivity index (χ1) is 17.5. The minimum absolute atomic E-state index is 0.0496. The number of fused-ring (bicyclic) bond motifs is 3. The third-order valence-electron chi connectivity index (χ3n) is 6.87. The van der Waals surface area contributed by atoms with Gasteiger partial charge in [-0.05, 0) is 35.9 Å². The van der Waals surface area contributed by atoms with Crippen molar-refractivity contribution < 1.29 is 18.7 Å². The van der Waals surface area contributed by atoms with Crippen molar-refractivity contribution in [3.8, 4) is 6.07 Å². The van der Waals surface area contributed by atoms with Crippen LogP contribution in [0.1, 0.15) is 11.1 Å². The molecule has 0 fully saturated rings. The predicted molar refractivity (Wildman–Crippen MR) is 129 cm³/mol. The molecule has 2 N–H and O–H groups in total. The highest BCUT2D eigenvalue weighted by Gasteiger charge is 2.63. The maximum atomic E-state index is 14.4. The van der Waals surface area contributed by atoms with Crippen molar-refractivity contribution in [1.82, 2.24) is 0 Å². The van der Waals surface area contributed by atoms with Crippen LogP contribution >= 0.6 is 0 Å². The van der Waals surface area contributed by atoms with Crippen LogP contribution in [0.3, 0.4) is 0 Å². The summed E-state index contributed by atoms with van der Waals surface area (Å²) in [5.74, 6) is -1.56. The van der Waals surface area contributed by atoms with Crippen molar-refractivity contribution in [2.45, 2.75) is 12.0 Å². The largest absolute Gasteiger partial charge is 0.456 e. The number of para-hydroxylation sites is 2. The zero-order valence-electron chi connectivity index (χ0n) is 18.9. The van der Waals surface area contributed by atoms with E-state index in [1.165, 1.54) is 17.0 Å². The molecule has 176 valence electrons. The summed E-state index contributed by atoms with van der Waals surface area (Å²) in [6, 6.07) is 24.2. The van der Waals surface area contributed by atoms with Crippen LogP contribution in [0.4, 0.5) is 15.8 Å². The number of rotatable bonds is 3. The van der Waals surface area contributed by atoms with E-state index < -0.39 is 23.1 Å². The summed E-state index contributed by atoms with van der Waals surface area (Å²) in [5.41, 5.74) is 7.48. The number of nitrogens with two attached hydrogens (primary N) is 1. The maximum Gasteiger partial charge on any atom is 0.338 e. The van der Waals surface area contributed by atoms with Crippen LogP contribution in [0.25, 0.3) is 0 Å². The number of amides is 1. The number of anilines is 2. The molecule has 0 bridgehead atoms. The highest BCUT2D eigenvalue weighted by molar-refractivity contribution is 6.19. The molecular formula is C28H19FN4O3. The number of hydrogen-bond donors (Lipinski definition) is 1. The molecule has 0 saturated carbocycles. The predicted octanol–water partition coefficient (Wildman–Crippen LogP) is 3.64. The first kappa shape index (κ1) is 21.6. The Morgan fingerprint density at radius 2 is 1.78 bits per heavy atom. The molecule has 1 atom stereocenters. The summed E-state index contributed by atoms with van der Waals surface area (Å²) in [5, 5.41) is 10.4. The molecule has 0 unspecified atom stereocenters. The first-order valence-electron chi connectivity index (χ1n) is 11.3. The molecule has 3 aromatic carbocycles. The average Bonchev–Trinajstić information content (AvgIpc) is 3.37. The summed E-state index contributed by atoms with van der Waals surface area (Å²) in [6.07, 6.45) is 0. The van der Waals surface area contributed by atoms with Crippen LogP contribution in [0, 0.1) is 17.1 Å². The van der Waals surface area contributed by atoms with Crippen LogP contribution in [0.5, 0.6) is 0 Å². The third kappa shape index (κ3) is 2.77. The quantitative estimate of drug-likeness (QED) is 0.577. The number of carbonyl (C=O) groups is 2. The number of nitrogens with zero attached hydrogens (tertiary/aromatic N) is 3. The smallest absolute Gasteiger partial charge is 0.338 e. The number of carbonyl (C=O) groups excluding carboxylic acids is 2. The summed E-state index contributed by atoms with van der Waals surface area (Å²) >= 11 is 0. The lowest BCUT2D eigenvalue weighted by Crippen LogP contribution is -2.50. The SMILES string of the molecule is N#CC1=C(N)N(c2ccccc2)C2=C(C(=O)OC2)[C@@]12C(=O)N(Cc1cccc(F)c1)c1ccccc12. The fraction of sp³-hybridized carbons (Fsp3) is 0.107.